The van der Waals surface area contributed by atoms with Gasteiger partial charge in [0.15, 0.2) is 0 Å². The number of fused-ring (bicyclic) bond motifs is 1. The van der Waals surface area contributed by atoms with Gasteiger partial charge in [-0.15, -0.1) is 0 Å². The SMILES string of the molecule is NC1(S)CCc2c1ccc(F)c2Br. The Balaban J connectivity index is 2.64. The lowest BCUT2D eigenvalue weighted by Crippen LogP contribution is -2.26. The quantitative estimate of drug-likeness (QED) is 0.545. The van der Waals surface area contributed by atoms with Crippen molar-refractivity contribution < 1.29 is 4.39 Å². The predicted octanol–water partition coefficient (Wildman–Crippen LogP) is 2.58. The zero-order chi connectivity index (χ0) is 9.64. The summed E-state index contributed by atoms with van der Waals surface area (Å²) in [6.45, 7) is 0. The summed E-state index contributed by atoms with van der Waals surface area (Å²) < 4.78 is 13.6. The van der Waals surface area contributed by atoms with Gasteiger partial charge in [-0.05, 0) is 46.0 Å². The van der Waals surface area contributed by atoms with E-state index in [0.29, 0.717) is 4.47 Å². The van der Waals surface area contributed by atoms with Gasteiger partial charge < -0.3 is 5.73 Å². The second-order valence-corrected chi connectivity index (χ2v) is 4.90. The van der Waals surface area contributed by atoms with Gasteiger partial charge in [0.2, 0.25) is 0 Å². The number of hydrogen-bond acceptors (Lipinski definition) is 2. The van der Waals surface area contributed by atoms with Crippen LogP contribution in [0.15, 0.2) is 16.6 Å². The first kappa shape index (κ1) is 9.49. The lowest BCUT2D eigenvalue weighted by Gasteiger charge is -2.17. The Hall–Kier alpha value is -0.0600. The fraction of sp³-hybridized carbons (Fsp3) is 0.333. The van der Waals surface area contributed by atoms with Crippen molar-refractivity contribution in [2.75, 3.05) is 0 Å². The van der Waals surface area contributed by atoms with Gasteiger partial charge >= 0.3 is 0 Å². The van der Waals surface area contributed by atoms with Gasteiger partial charge in [0, 0.05) is 0 Å². The molecule has 2 N–H and O–H groups in total. The van der Waals surface area contributed by atoms with Crippen molar-refractivity contribution in [2.24, 2.45) is 5.73 Å². The highest BCUT2D eigenvalue weighted by Crippen LogP contribution is 2.41. The first-order valence-electron chi connectivity index (χ1n) is 4.01. The van der Waals surface area contributed by atoms with Crippen LogP contribution in [0.5, 0.6) is 0 Å². The highest BCUT2D eigenvalue weighted by Gasteiger charge is 2.33. The van der Waals surface area contributed by atoms with Crippen LogP contribution in [-0.2, 0) is 11.3 Å². The first-order valence-corrected chi connectivity index (χ1v) is 5.25. The van der Waals surface area contributed by atoms with Crippen molar-refractivity contribution in [3.63, 3.8) is 0 Å². The Morgan fingerprint density at radius 2 is 2.23 bits per heavy atom. The molecular weight excluding hydrogens is 253 g/mol. The Kier molecular flexibility index (Phi) is 2.17. The Labute approximate surface area is 90.0 Å². The van der Waals surface area contributed by atoms with Crippen LogP contribution in [0.3, 0.4) is 0 Å². The molecule has 0 amide bonds. The molecule has 1 aromatic rings. The molecule has 1 aliphatic carbocycles. The van der Waals surface area contributed by atoms with Crippen LogP contribution in [-0.4, -0.2) is 0 Å². The molecule has 1 aliphatic rings. The van der Waals surface area contributed by atoms with Crippen molar-refractivity contribution in [3.05, 3.63) is 33.5 Å². The van der Waals surface area contributed by atoms with Gasteiger partial charge in [-0.25, -0.2) is 4.39 Å². The average Bonchev–Trinajstić information content (AvgIpc) is 2.35. The van der Waals surface area contributed by atoms with Gasteiger partial charge in [-0.2, -0.15) is 12.6 Å². The molecule has 1 nitrogen and oxygen atoms in total. The molecule has 0 aliphatic heterocycles. The summed E-state index contributed by atoms with van der Waals surface area (Å²) in [5, 5.41) is 0. The van der Waals surface area contributed by atoms with Crippen LogP contribution in [0.2, 0.25) is 0 Å². The van der Waals surface area contributed by atoms with Crippen LogP contribution in [0.1, 0.15) is 17.5 Å². The standard InChI is InChI=1S/C9H9BrFNS/c10-8-5-3-4-9(12,13)6(5)1-2-7(8)11/h1-2,13H,3-4,12H2. The molecule has 13 heavy (non-hydrogen) atoms. The summed E-state index contributed by atoms with van der Waals surface area (Å²) in [7, 11) is 0. The second-order valence-electron chi connectivity index (χ2n) is 3.31. The number of nitrogens with two attached hydrogens (primary N) is 1. The molecule has 70 valence electrons. The van der Waals surface area contributed by atoms with E-state index >= 15 is 0 Å². The third kappa shape index (κ3) is 1.41. The van der Waals surface area contributed by atoms with Crippen LogP contribution in [0.25, 0.3) is 0 Å². The molecule has 0 fully saturated rings. The van der Waals surface area contributed by atoms with Crippen LogP contribution in [0, 0.1) is 5.82 Å². The van der Waals surface area contributed by atoms with Gasteiger partial charge in [-0.1, -0.05) is 6.07 Å². The molecule has 1 unspecified atom stereocenters. The maximum absolute atomic E-state index is 13.1. The summed E-state index contributed by atoms with van der Waals surface area (Å²) in [5.74, 6) is -0.232. The summed E-state index contributed by atoms with van der Waals surface area (Å²) in [4.78, 5) is -0.592. The van der Waals surface area contributed by atoms with Gasteiger partial charge in [0.05, 0.1) is 9.34 Å². The van der Waals surface area contributed by atoms with Crippen LogP contribution in [0.4, 0.5) is 4.39 Å². The topological polar surface area (TPSA) is 26.0 Å². The van der Waals surface area contributed by atoms with Gasteiger partial charge in [0.25, 0.3) is 0 Å². The van der Waals surface area contributed by atoms with E-state index in [1.807, 2.05) is 0 Å². The largest absolute Gasteiger partial charge is 0.313 e. The summed E-state index contributed by atoms with van der Waals surface area (Å²) >= 11 is 7.56. The van der Waals surface area contributed by atoms with Gasteiger partial charge in [0.1, 0.15) is 5.82 Å². The van der Waals surface area contributed by atoms with Crippen LogP contribution >= 0.6 is 28.6 Å². The molecule has 4 heteroatoms. The molecule has 1 aromatic carbocycles. The summed E-state index contributed by atoms with van der Waals surface area (Å²) in [5.41, 5.74) is 7.82. The second kappa shape index (κ2) is 2.97. The molecule has 0 radical (unpaired) electrons. The molecule has 0 saturated heterocycles. The zero-order valence-electron chi connectivity index (χ0n) is 6.85. The number of thiol groups is 1. The third-order valence-corrected chi connectivity index (χ3v) is 3.74. The van der Waals surface area contributed by atoms with E-state index in [1.165, 1.54) is 6.07 Å². The highest BCUT2D eigenvalue weighted by molar-refractivity contribution is 9.10. The monoisotopic (exact) mass is 261 g/mol. The Morgan fingerprint density at radius 1 is 1.54 bits per heavy atom. The van der Waals surface area contributed by atoms with E-state index in [9.17, 15) is 4.39 Å². The highest BCUT2D eigenvalue weighted by atomic mass is 79.9. The van der Waals surface area contributed by atoms with Crippen molar-refractivity contribution >= 4 is 28.6 Å². The third-order valence-electron chi connectivity index (χ3n) is 2.42. The minimum atomic E-state index is -0.592. The molecule has 0 saturated carbocycles. The smallest absolute Gasteiger partial charge is 0.137 e. The molecule has 0 bridgehead atoms. The number of halogens is 2. The predicted molar refractivity (Wildman–Crippen MR) is 57.3 cm³/mol. The first-order chi connectivity index (χ1) is 6.02. The van der Waals surface area contributed by atoms with E-state index in [-0.39, 0.29) is 5.82 Å². The van der Waals surface area contributed by atoms with E-state index < -0.39 is 4.87 Å². The number of benzene rings is 1. The van der Waals surface area contributed by atoms with Crippen molar-refractivity contribution in [1.29, 1.82) is 0 Å². The fourth-order valence-electron chi connectivity index (χ4n) is 1.69. The molecule has 0 spiro atoms. The van der Waals surface area contributed by atoms with E-state index in [2.05, 4.69) is 28.6 Å². The maximum Gasteiger partial charge on any atom is 0.137 e. The van der Waals surface area contributed by atoms with Gasteiger partial charge in [-0.3, -0.25) is 0 Å². The zero-order valence-corrected chi connectivity index (χ0v) is 9.33. The average molecular weight is 262 g/mol. The number of rotatable bonds is 0. The lowest BCUT2D eigenvalue weighted by molar-refractivity contribution is 0.618. The molecular formula is C9H9BrFNS. The van der Waals surface area contributed by atoms with Crippen LogP contribution < -0.4 is 5.73 Å². The van der Waals surface area contributed by atoms with E-state index in [0.717, 1.165) is 24.0 Å². The fourth-order valence-corrected chi connectivity index (χ4v) is 2.56. The lowest BCUT2D eigenvalue weighted by atomic mass is 10.1. The minimum absolute atomic E-state index is 0.232. The van der Waals surface area contributed by atoms with Crippen molar-refractivity contribution in [2.45, 2.75) is 17.7 Å². The van der Waals surface area contributed by atoms with E-state index in [4.69, 9.17) is 5.73 Å². The minimum Gasteiger partial charge on any atom is -0.313 e. The molecule has 0 aromatic heterocycles. The Morgan fingerprint density at radius 3 is 2.92 bits per heavy atom. The normalized spacial score (nSPS) is 26.2. The van der Waals surface area contributed by atoms with Crippen molar-refractivity contribution in [1.82, 2.24) is 0 Å². The molecule has 2 rings (SSSR count). The molecule has 1 atom stereocenters. The molecule has 0 heterocycles. The maximum atomic E-state index is 13.1. The summed E-state index contributed by atoms with van der Waals surface area (Å²) in [6, 6.07) is 3.14. The van der Waals surface area contributed by atoms with E-state index in [1.54, 1.807) is 6.07 Å². The Bertz CT molecular complexity index is 365. The summed E-state index contributed by atoms with van der Waals surface area (Å²) in [6.07, 6.45) is 1.54. The number of hydrogen-bond donors (Lipinski definition) is 2. The van der Waals surface area contributed by atoms with Crippen molar-refractivity contribution in [3.8, 4) is 0 Å².